The SMILES string of the molecule is C1CCCCCCC1.C1CCCCCCC1.OP(O)(O)=S.OP(O)(O)=S.[H-].[K+]. The van der Waals surface area contributed by atoms with E-state index in [0.29, 0.717) is 0 Å². The molecule has 11 heteroatoms. The molecule has 0 aromatic heterocycles. The van der Waals surface area contributed by atoms with Gasteiger partial charge in [-0.3, -0.25) is 0 Å². The molecule has 0 bridgehead atoms. The first-order valence-corrected chi connectivity index (χ1v) is 14.9. The monoisotopic (exact) mass is 492 g/mol. The van der Waals surface area contributed by atoms with Gasteiger partial charge in [-0.1, -0.05) is 103 Å². The topological polar surface area (TPSA) is 121 Å². The third-order valence-electron chi connectivity index (χ3n) is 4.00. The van der Waals surface area contributed by atoms with Crippen LogP contribution in [0.1, 0.15) is 104 Å². The van der Waals surface area contributed by atoms with Crippen LogP contribution in [0.25, 0.3) is 0 Å². The Kier molecular flexibility index (Phi) is 29.7. The summed E-state index contributed by atoms with van der Waals surface area (Å²) in [5, 5.41) is 0. The van der Waals surface area contributed by atoms with Gasteiger partial charge in [0.1, 0.15) is 0 Å². The van der Waals surface area contributed by atoms with Crippen LogP contribution in [0.3, 0.4) is 0 Å². The van der Waals surface area contributed by atoms with Gasteiger partial charge in [-0.05, 0) is 23.6 Å². The molecule has 0 atom stereocenters. The zero-order valence-corrected chi connectivity index (χ0v) is 23.3. The summed E-state index contributed by atoms with van der Waals surface area (Å²) in [4.78, 5) is 45.3. The summed E-state index contributed by atoms with van der Waals surface area (Å²) in [7, 11) is 0. The smallest absolute Gasteiger partial charge is 1.00 e. The van der Waals surface area contributed by atoms with Crippen molar-refractivity contribution in [1.29, 1.82) is 0 Å². The fourth-order valence-corrected chi connectivity index (χ4v) is 2.83. The first kappa shape index (κ1) is 34.3. The second-order valence-corrected chi connectivity index (χ2v) is 11.7. The molecule has 0 aromatic rings. The van der Waals surface area contributed by atoms with E-state index in [-0.39, 0.29) is 52.8 Å². The van der Waals surface area contributed by atoms with Gasteiger partial charge in [0.05, 0.1) is 0 Å². The Morgan fingerprint density at radius 2 is 0.407 bits per heavy atom. The number of hydrogen-bond donors (Lipinski definition) is 6. The Bertz CT molecular complexity index is 299. The average Bonchev–Trinajstić information content (AvgIpc) is 2.32. The summed E-state index contributed by atoms with van der Waals surface area (Å²) < 4.78 is 0. The van der Waals surface area contributed by atoms with E-state index in [0.717, 1.165) is 0 Å². The zero-order valence-electron chi connectivity index (χ0n) is 17.7. The molecule has 0 amide bonds. The van der Waals surface area contributed by atoms with Gasteiger partial charge in [0, 0.05) is 0 Å². The van der Waals surface area contributed by atoms with Gasteiger partial charge < -0.3 is 30.8 Å². The summed E-state index contributed by atoms with van der Waals surface area (Å²) in [6.45, 7) is -7.61. The van der Waals surface area contributed by atoms with E-state index in [2.05, 4.69) is 23.6 Å². The van der Waals surface area contributed by atoms with E-state index >= 15 is 0 Å². The van der Waals surface area contributed by atoms with Crippen molar-refractivity contribution in [1.82, 2.24) is 0 Å². The van der Waals surface area contributed by atoms with E-state index in [1.165, 1.54) is 103 Å². The van der Waals surface area contributed by atoms with Crippen molar-refractivity contribution in [2.45, 2.75) is 103 Å². The molecular formula is C16H39KO6P2S2. The third-order valence-corrected chi connectivity index (χ3v) is 4.00. The molecule has 2 rings (SSSR count). The van der Waals surface area contributed by atoms with Crippen LogP contribution in [0.2, 0.25) is 0 Å². The van der Waals surface area contributed by atoms with Crippen LogP contribution in [-0.2, 0) is 23.6 Å². The average molecular weight is 493 g/mol. The van der Waals surface area contributed by atoms with Crippen LogP contribution in [-0.4, -0.2) is 29.4 Å². The van der Waals surface area contributed by atoms with Gasteiger partial charge in [0.2, 0.25) is 0 Å². The molecule has 6 nitrogen and oxygen atoms in total. The van der Waals surface area contributed by atoms with Gasteiger partial charge in [-0.15, -0.1) is 0 Å². The van der Waals surface area contributed by atoms with Crippen molar-refractivity contribution >= 4 is 37.1 Å². The second-order valence-electron chi connectivity index (χ2n) is 6.68. The Hall–Kier alpha value is 2.70. The molecule has 2 saturated carbocycles. The fraction of sp³-hybridized carbons (Fsp3) is 1.00. The third kappa shape index (κ3) is 58.5. The number of hydrogen-bond acceptors (Lipinski definition) is 2. The molecule has 2 fully saturated rings. The maximum absolute atomic E-state index is 7.56. The van der Waals surface area contributed by atoms with Gasteiger partial charge in [-0.25, -0.2) is 0 Å². The fourth-order valence-electron chi connectivity index (χ4n) is 2.83. The van der Waals surface area contributed by atoms with Crippen LogP contribution < -0.4 is 51.4 Å². The van der Waals surface area contributed by atoms with Crippen molar-refractivity contribution in [2.75, 3.05) is 0 Å². The molecule has 0 radical (unpaired) electrons. The Balaban J connectivity index is -0.000000138. The predicted octanol–water partition coefficient (Wildman–Crippen LogP) is 1.73. The molecule has 2 aliphatic carbocycles. The molecule has 6 N–H and O–H groups in total. The van der Waals surface area contributed by atoms with E-state index in [1.54, 1.807) is 0 Å². The largest absolute Gasteiger partial charge is 1.00 e. The summed E-state index contributed by atoms with van der Waals surface area (Å²) in [6, 6.07) is 0. The molecule has 162 valence electrons. The Morgan fingerprint density at radius 1 is 0.370 bits per heavy atom. The minimum absolute atomic E-state index is 0. The van der Waals surface area contributed by atoms with Crippen molar-refractivity contribution in [2.24, 2.45) is 0 Å². The molecule has 0 heterocycles. The maximum atomic E-state index is 7.56. The van der Waals surface area contributed by atoms with E-state index in [9.17, 15) is 0 Å². The zero-order chi connectivity index (χ0) is 20.3. The Labute approximate surface area is 219 Å². The Morgan fingerprint density at radius 3 is 0.444 bits per heavy atom. The minimum Gasteiger partial charge on any atom is -1.00 e. The standard InChI is InChI=1S/2C8H16.K.2H3O3PS.H/c2*1-2-4-6-8-7-5-3-1;;2*1-4(2,3)5;/h2*1-8H2;;2*(H3,1,2,3,5);/q;;+1;;;-1. The molecule has 2 aliphatic rings. The summed E-state index contributed by atoms with van der Waals surface area (Å²) in [5.41, 5.74) is 0. The molecule has 0 saturated heterocycles. The van der Waals surface area contributed by atoms with Gasteiger partial charge in [-0.2, -0.15) is 0 Å². The maximum Gasteiger partial charge on any atom is 1.00 e. The van der Waals surface area contributed by atoms with E-state index in [1.807, 2.05) is 0 Å². The van der Waals surface area contributed by atoms with Crippen LogP contribution in [0.5, 0.6) is 0 Å². The quantitative estimate of drug-likeness (QED) is 0.223. The van der Waals surface area contributed by atoms with Crippen LogP contribution in [0.4, 0.5) is 0 Å². The molecule has 0 unspecified atom stereocenters. The molecule has 0 aliphatic heterocycles. The molecule has 0 aromatic carbocycles. The summed E-state index contributed by atoms with van der Waals surface area (Å²) in [5.74, 6) is 0. The molecule has 0 spiro atoms. The van der Waals surface area contributed by atoms with Gasteiger partial charge in [0.25, 0.3) is 0 Å². The van der Waals surface area contributed by atoms with Crippen LogP contribution in [0.15, 0.2) is 0 Å². The van der Waals surface area contributed by atoms with Crippen molar-refractivity contribution in [3.8, 4) is 0 Å². The van der Waals surface area contributed by atoms with Crippen molar-refractivity contribution < 1.29 is 82.2 Å². The van der Waals surface area contributed by atoms with Crippen LogP contribution >= 0.6 is 13.4 Å². The number of rotatable bonds is 0. The normalized spacial score (nSPS) is 18.6. The molecule has 27 heavy (non-hydrogen) atoms. The first-order valence-electron chi connectivity index (χ1n) is 9.57. The minimum atomic E-state index is -3.81. The van der Waals surface area contributed by atoms with Gasteiger partial charge in [0.15, 0.2) is 0 Å². The summed E-state index contributed by atoms with van der Waals surface area (Å²) >= 11 is 7.21. The second kappa shape index (κ2) is 23.4. The van der Waals surface area contributed by atoms with E-state index in [4.69, 9.17) is 29.4 Å². The first-order chi connectivity index (χ1) is 12.0. The van der Waals surface area contributed by atoms with E-state index < -0.39 is 13.4 Å². The van der Waals surface area contributed by atoms with Crippen molar-refractivity contribution in [3.05, 3.63) is 0 Å². The van der Waals surface area contributed by atoms with Crippen LogP contribution in [0, 0.1) is 0 Å². The summed E-state index contributed by atoms with van der Waals surface area (Å²) in [6.07, 6.45) is 24.0. The van der Waals surface area contributed by atoms with Gasteiger partial charge >= 0.3 is 64.8 Å². The predicted molar refractivity (Wildman–Crippen MR) is 117 cm³/mol. The van der Waals surface area contributed by atoms with Crippen molar-refractivity contribution in [3.63, 3.8) is 0 Å². The molecular weight excluding hydrogens is 453 g/mol.